The quantitative estimate of drug-likeness (QED) is 0.475. The van der Waals surface area contributed by atoms with E-state index in [2.05, 4.69) is 20.9 Å². The zero-order valence-corrected chi connectivity index (χ0v) is 11.6. The fraction of sp³-hybridized carbons (Fsp3) is 0.333. The molecule has 0 saturated heterocycles. The third kappa shape index (κ3) is 3.34. The van der Waals surface area contributed by atoms with E-state index in [1.54, 1.807) is 0 Å². The number of carboxylic acid groups (broad SMARTS) is 1. The van der Waals surface area contributed by atoms with Crippen molar-refractivity contribution < 1.29 is 18.7 Å². The molecule has 0 aliphatic carbocycles. The SMILES string of the molecule is O=C(O)Cc1nc(I)c(CBr)cc1C(F)F. The minimum absolute atomic E-state index is 0.0726. The topological polar surface area (TPSA) is 50.2 Å². The van der Waals surface area contributed by atoms with E-state index in [-0.39, 0.29) is 11.3 Å². The van der Waals surface area contributed by atoms with Gasteiger partial charge in [0.15, 0.2) is 0 Å². The number of alkyl halides is 3. The molecule has 1 aromatic rings. The molecule has 1 rings (SSSR count). The second kappa shape index (κ2) is 5.85. The van der Waals surface area contributed by atoms with Gasteiger partial charge in [-0.25, -0.2) is 13.8 Å². The van der Waals surface area contributed by atoms with E-state index in [4.69, 9.17) is 5.11 Å². The van der Waals surface area contributed by atoms with Gasteiger partial charge in [0.25, 0.3) is 6.43 Å². The summed E-state index contributed by atoms with van der Waals surface area (Å²) in [4.78, 5) is 14.4. The Hall–Kier alpha value is -0.310. The van der Waals surface area contributed by atoms with Gasteiger partial charge in [0.1, 0.15) is 3.70 Å². The summed E-state index contributed by atoms with van der Waals surface area (Å²) in [5.41, 5.74) is 0.249. The van der Waals surface area contributed by atoms with E-state index in [0.717, 1.165) is 0 Å². The van der Waals surface area contributed by atoms with Crippen molar-refractivity contribution in [1.82, 2.24) is 4.98 Å². The number of carboxylic acids is 1. The summed E-state index contributed by atoms with van der Waals surface area (Å²) < 4.78 is 25.9. The number of carbonyl (C=O) groups is 1. The van der Waals surface area contributed by atoms with Crippen LogP contribution in [0, 0.1) is 3.70 Å². The number of rotatable bonds is 4. The Morgan fingerprint density at radius 2 is 2.25 bits per heavy atom. The van der Waals surface area contributed by atoms with E-state index in [0.29, 0.717) is 14.6 Å². The Bertz CT molecular complexity index is 415. The molecule has 0 spiro atoms. The maximum absolute atomic E-state index is 12.7. The van der Waals surface area contributed by atoms with Crippen molar-refractivity contribution in [3.63, 3.8) is 0 Å². The first kappa shape index (κ1) is 13.8. The Morgan fingerprint density at radius 3 is 2.69 bits per heavy atom. The van der Waals surface area contributed by atoms with Crippen molar-refractivity contribution >= 4 is 44.5 Å². The number of hydrogen-bond donors (Lipinski definition) is 1. The lowest BCUT2D eigenvalue weighted by atomic mass is 10.1. The maximum Gasteiger partial charge on any atom is 0.309 e. The highest BCUT2D eigenvalue weighted by Crippen LogP contribution is 2.26. The summed E-state index contributed by atoms with van der Waals surface area (Å²) in [5, 5.41) is 9.00. The van der Waals surface area contributed by atoms with E-state index in [1.807, 2.05) is 22.6 Å². The Morgan fingerprint density at radius 1 is 1.62 bits per heavy atom. The summed E-state index contributed by atoms with van der Waals surface area (Å²) in [7, 11) is 0. The van der Waals surface area contributed by atoms with Gasteiger partial charge >= 0.3 is 5.97 Å². The van der Waals surface area contributed by atoms with Crippen LogP contribution in [-0.4, -0.2) is 16.1 Å². The van der Waals surface area contributed by atoms with Gasteiger partial charge in [-0.1, -0.05) is 15.9 Å². The van der Waals surface area contributed by atoms with Crippen molar-refractivity contribution in [3.05, 3.63) is 26.6 Å². The lowest BCUT2D eigenvalue weighted by Gasteiger charge is -2.09. The predicted octanol–water partition coefficient (Wildman–Crippen LogP) is 3.15. The third-order valence-corrected chi connectivity index (χ3v) is 3.40. The fourth-order valence-electron chi connectivity index (χ4n) is 1.15. The van der Waals surface area contributed by atoms with Crippen LogP contribution in [0.3, 0.4) is 0 Å². The fourth-order valence-corrected chi connectivity index (χ4v) is 2.74. The molecule has 0 aromatic carbocycles. The maximum atomic E-state index is 12.7. The van der Waals surface area contributed by atoms with Gasteiger partial charge < -0.3 is 5.11 Å². The summed E-state index contributed by atoms with van der Waals surface area (Å²) in [5.74, 6) is -1.17. The van der Waals surface area contributed by atoms with E-state index < -0.39 is 18.8 Å². The zero-order chi connectivity index (χ0) is 12.3. The lowest BCUT2D eigenvalue weighted by molar-refractivity contribution is -0.136. The molecule has 1 N–H and O–H groups in total. The van der Waals surface area contributed by atoms with Gasteiger partial charge in [0, 0.05) is 10.9 Å². The molecule has 1 aromatic heterocycles. The van der Waals surface area contributed by atoms with Crippen LogP contribution in [0.5, 0.6) is 0 Å². The molecule has 0 atom stereocenters. The van der Waals surface area contributed by atoms with E-state index in [1.165, 1.54) is 6.07 Å². The van der Waals surface area contributed by atoms with Crippen LogP contribution < -0.4 is 0 Å². The highest BCUT2D eigenvalue weighted by Gasteiger charge is 2.18. The van der Waals surface area contributed by atoms with E-state index >= 15 is 0 Å². The second-order valence-electron chi connectivity index (χ2n) is 2.98. The van der Waals surface area contributed by atoms with Crippen LogP contribution in [0.4, 0.5) is 8.78 Å². The minimum Gasteiger partial charge on any atom is -0.481 e. The molecule has 16 heavy (non-hydrogen) atoms. The van der Waals surface area contributed by atoms with Crippen LogP contribution >= 0.6 is 38.5 Å². The average Bonchev–Trinajstić information content (AvgIpc) is 2.16. The molecule has 0 unspecified atom stereocenters. The van der Waals surface area contributed by atoms with Crippen molar-refractivity contribution in [2.75, 3.05) is 0 Å². The first-order valence-corrected chi connectivity index (χ1v) is 6.39. The van der Waals surface area contributed by atoms with Crippen molar-refractivity contribution in [1.29, 1.82) is 0 Å². The van der Waals surface area contributed by atoms with Crippen LogP contribution in [-0.2, 0) is 16.5 Å². The predicted molar refractivity (Wildman–Crippen MR) is 65.9 cm³/mol. The molecule has 0 aliphatic rings. The second-order valence-corrected chi connectivity index (χ2v) is 4.56. The van der Waals surface area contributed by atoms with Crippen LogP contribution in [0.25, 0.3) is 0 Å². The van der Waals surface area contributed by atoms with Crippen LogP contribution in [0.2, 0.25) is 0 Å². The van der Waals surface area contributed by atoms with Gasteiger partial charge in [-0.2, -0.15) is 0 Å². The Kier molecular flexibility index (Phi) is 5.03. The Labute approximate surface area is 113 Å². The molecular formula is C9H7BrF2INO2. The molecule has 0 bridgehead atoms. The van der Waals surface area contributed by atoms with Gasteiger partial charge in [0.2, 0.25) is 0 Å². The Balaban J connectivity index is 3.24. The monoisotopic (exact) mass is 405 g/mol. The highest BCUT2D eigenvalue weighted by molar-refractivity contribution is 14.1. The zero-order valence-electron chi connectivity index (χ0n) is 7.88. The normalized spacial score (nSPS) is 10.8. The summed E-state index contributed by atoms with van der Waals surface area (Å²) >= 11 is 5.05. The molecule has 7 heteroatoms. The standard InChI is InChI=1S/C9H7BrF2INO2/c10-3-4-1-5(8(11)12)6(2-7(15)16)14-9(4)13/h1,8H,2-3H2,(H,15,16). The summed E-state index contributed by atoms with van der Waals surface area (Å²) in [6, 6.07) is 1.30. The molecule has 0 saturated carbocycles. The smallest absolute Gasteiger partial charge is 0.309 e. The van der Waals surface area contributed by atoms with Gasteiger partial charge in [-0.05, 0) is 34.2 Å². The molecule has 3 nitrogen and oxygen atoms in total. The summed E-state index contributed by atoms with van der Waals surface area (Å²) in [6.07, 6.45) is -3.20. The molecular weight excluding hydrogens is 399 g/mol. The van der Waals surface area contributed by atoms with Gasteiger partial charge in [-0.15, -0.1) is 0 Å². The number of aliphatic carboxylic acids is 1. The lowest BCUT2D eigenvalue weighted by Crippen LogP contribution is -2.09. The number of halogens is 4. The molecule has 0 radical (unpaired) electrons. The van der Waals surface area contributed by atoms with Crippen molar-refractivity contribution in [3.8, 4) is 0 Å². The molecule has 1 heterocycles. The molecule has 0 aliphatic heterocycles. The summed E-state index contributed by atoms with van der Waals surface area (Å²) in [6.45, 7) is 0. The van der Waals surface area contributed by atoms with Crippen molar-refractivity contribution in [2.45, 2.75) is 18.2 Å². The number of hydrogen-bond acceptors (Lipinski definition) is 2. The molecule has 0 fully saturated rings. The highest BCUT2D eigenvalue weighted by atomic mass is 127. The average molecular weight is 406 g/mol. The number of aromatic nitrogens is 1. The third-order valence-electron chi connectivity index (χ3n) is 1.86. The molecule has 0 amide bonds. The first-order valence-electron chi connectivity index (χ1n) is 4.19. The van der Waals surface area contributed by atoms with Crippen LogP contribution in [0.15, 0.2) is 6.07 Å². The van der Waals surface area contributed by atoms with Gasteiger partial charge in [-0.3, -0.25) is 4.79 Å². The van der Waals surface area contributed by atoms with E-state index in [9.17, 15) is 13.6 Å². The van der Waals surface area contributed by atoms with Crippen molar-refractivity contribution in [2.24, 2.45) is 0 Å². The van der Waals surface area contributed by atoms with Crippen LogP contribution in [0.1, 0.15) is 23.2 Å². The first-order chi connectivity index (χ1) is 7.45. The minimum atomic E-state index is -2.71. The largest absolute Gasteiger partial charge is 0.481 e. The number of pyridine rings is 1. The molecule has 88 valence electrons. The number of nitrogens with zero attached hydrogens (tertiary/aromatic N) is 1. The van der Waals surface area contributed by atoms with Gasteiger partial charge in [0.05, 0.1) is 12.1 Å².